The molecule has 0 saturated heterocycles. The zero-order valence-electron chi connectivity index (χ0n) is 8.02. The van der Waals surface area contributed by atoms with Crippen molar-refractivity contribution in [3.8, 4) is 0 Å². The summed E-state index contributed by atoms with van der Waals surface area (Å²) in [7, 11) is 0. The molecule has 0 aromatic heterocycles. The maximum atomic E-state index is 3.85. The Morgan fingerprint density at radius 3 is 1.90 bits per heavy atom. The van der Waals surface area contributed by atoms with Gasteiger partial charge in [0, 0.05) is 0 Å². The SMILES string of the molecule is C=CC(C)P(C)(C)(C)CC. The van der Waals surface area contributed by atoms with Crippen LogP contribution in [0.2, 0.25) is 0 Å². The van der Waals surface area contributed by atoms with E-state index in [2.05, 4.69) is 46.5 Å². The summed E-state index contributed by atoms with van der Waals surface area (Å²) < 4.78 is 0. The van der Waals surface area contributed by atoms with Crippen molar-refractivity contribution in [3.05, 3.63) is 12.7 Å². The molecule has 62 valence electrons. The third kappa shape index (κ3) is 2.09. The van der Waals surface area contributed by atoms with Gasteiger partial charge in [0.05, 0.1) is 0 Å². The summed E-state index contributed by atoms with van der Waals surface area (Å²) in [5.74, 6) is 0. The van der Waals surface area contributed by atoms with Gasteiger partial charge in [-0.1, -0.05) is 0 Å². The zero-order valence-corrected chi connectivity index (χ0v) is 8.91. The van der Waals surface area contributed by atoms with Gasteiger partial charge < -0.3 is 0 Å². The molecule has 0 saturated carbocycles. The standard InChI is InChI=1S/C9H21P/c1-7-9(3)10(4,5,6)8-2/h7,9H,1,8H2,2-6H3. The van der Waals surface area contributed by atoms with E-state index in [1.807, 2.05) is 0 Å². The molecule has 0 rings (SSSR count). The first-order chi connectivity index (χ1) is 4.32. The van der Waals surface area contributed by atoms with Gasteiger partial charge in [0.1, 0.15) is 0 Å². The van der Waals surface area contributed by atoms with Crippen molar-refractivity contribution in [3.63, 3.8) is 0 Å². The fraction of sp³-hybridized carbons (Fsp3) is 0.778. The predicted molar refractivity (Wildman–Crippen MR) is 54.9 cm³/mol. The van der Waals surface area contributed by atoms with E-state index in [9.17, 15) is 0 Å². The molecule has 1 unspecified atom stereocenters. The van der Waals surface area contributed by atoms with Crippen LogP contribution in [0.15, 0.2) is 12.7 Å². The van der Waals surface area contributed by atoms with E-state index in [0.29, 0.717) is 5.66 Å². The minimum absolute atomic E-state index is 0.705. The van der Waals surface area contributed by atoms with E-state index in [-0.39, 0.29) is 0 Å². The van der Waals surface area contributed by atoms with E-state index in [1.54, 1.807) is 0 Å². The normalized spacial score (nSPS) is 19.1. The second-order valence-electron chi connectivity index (χ2n) is 4.54. The topological polar surface area (TPSA) is 0 Å². The first kappa shape index (κ1) is 10.2. The third-order valence-electron chi connectivity index (χ3n) is 2.98. The van der Waals surface area contributed by atoms with Gasteiger partial charge in [0.25, 0.3) is 0 Å². The quantitative estimate of drug-likeness (QED) is 0.440. The van der Waals surface area contributed by atoms with Crippen molar-refractivity contribution in [2.75, 3.05) is 26.2 Å². The summed E-state index contributed by atoms with van der Waals surface area (Å²) in [4.78, 5) is 0. The van der Waals surface area contributed by atoms with Crippen molar-refractivity contribution in [1.29, 1.82) is 0 Å². The Morgan fingerprint density at radius 2 is 1.80 bits per heavy atom. The number of allylic oxidation sites excluding steroid dienone is 1. The van der Waals surface area contributed by atoms with Crippen LogP contribution in [0.5, 0.6) is 0 Å². The molecule has 0 N–H and O–H groups in total. The van der Waals surface area contributed by atoms with Crippen LogP contribution in [0.4, 0.5) is 0 Å². The van der Waals surface area contributed by atoms with Gasteiger partial charge >= 0.3 is 64.9 Å². The molecule has 0 aromatic carbocycles. The number of hydrogen-bond acceptors (Lipinski definition) is 0. The Labute approximate surface area is 65.6 Å². The molecule has 0 aliphatic rings. The molecule has 0 spiro atoms. The summed E-state index contributed by atoms with van der Waals surface area (Å²) in [6, 6.07) is 0. The fourth-order valence-corrected chi connectivity index (χ4v) is 2.04. The molecule has 0 amide bonds. The summed E-state index contributed by atoms with van der Waals surface area (Å²) in [6.07, 6.45) is 3.42. The number of rotatable bonds is 3. The van der Waals surface area contributed by atoms with Crippen LogP contribution in [-0.4, -0.2) is 31.8 Å². The van der Waals surface area contributed by atoms with E-state index in [0.717, 1.165) is 0 Å². The van der Waals surface area contributed by atoms with Crippen LogP contribution in [0.1, 0.15) is 13.8 Å². The Kier molecular flexibility index (Phi) is 2.70. The molecule has 1 atom stereocenters. The molecule has 0 fully saturated rings. The summed E-state index contributed by atoms with van der Waals surface area (Å²) in [6.45, 7) is 14.4. The van der Waals surface area contributed by atoms with Crippen molar-refractivity contribution in [2.45, 2.75) is 19.5 Å². The van der Waals surface area contributed by atoms with E-state index < -0.39 is 6.60 Å². The average molecular weight is 160 g/mol. The molecule has 0 nitrogen and oxygen atoms in total. The molecule has 0 heterocycles. The second kappa shape index (κ2) is 2.66. The van der Waals surface area contributed by atoms with Crippen molar-refractivity contribution >= 4 is 6.60 Å². The van der Waals surface area contributed by atoms with Gasteiger partial charge in [0.2, 0.25) is 0 Å². The Bertz CT molecular complexity index is 127. The van der Waals surface area contributed by atoms with Crippen LogP contribution >= 0.6 is 6.60 Å². The van der Waals surface area contributed by atoms with Crippen LogP contribution in [0.25, 0.3) is 0 Å². The van der Waals surface area contributed by atoms with Crippen molar-refractivity contribution in [1.82, 2.24) is 0 Å². The van der Waals surface area contributed by atoms with Gasteiger partial charge in [-0.2, -0.15) is 0 Å². The molecule has 0 aliphatic carbocycles. The molecule has 10 heavy (non-hydrogen) atoms. The molecular formula is C9H21P. The van der Waals surface area contributed by atoms with Crippen molar-refractivity contribution < 1.29 is 0 Å². The summed E-state index contributed by atoms with van der Waals surface area (Å²) in [5.41, 5.74) is 0.705. The van der Waals surface area contributed by atoms with Gasteiger partial charge in [-0.15, -0.1) is 0 Å². The zero-order chi connectivity index (χ0) is 8.44. The van der Waals surface area contributed by atoms with Crippen LogP contribution < -0.4 is 0 Å². The van der Waals surface area contributed by atoms with E-state index in [4.69, 9.17) is 0 Å². The van der Waals surface area contributed by atoms with Gasteiger partial charge in [0.15, 0.2) is 0 Å². The predicted octanol–water partition coefficient (Wildman–Crippen LogP) is 3.02. The van der Waals surface area contributed by atoms with E-state index >= 15 is 0 Å². The molecule has 1 heteroatoms. The monoisotopic (exact) mass is 160 g/mol. The summed E-state index contributed by atoms with van der Waals surface area (Å²) in [5, 5.41) is 0. The van der Waals surface area contributed by atoms with Crippen LogP contribution in [0, 0.1) is 0 Å². The number of hydrogen-bond donors (Lipinski definition) is 0. The van der Waals surface area contributed by atoms with Gasteiger partial charge in [-0.05, 0) is 0 Å². The molecule has 0 aromatic rings. The Balaban J connectivity index is 4.50. The van der Waals surface area contributed by atoms with Gasteiger partial charge in [-0.25, -0.2) is 0 Å². The third-order valence-corrected chi connectivity index (χ3v) is 8.48. The maximum absolute atomic E-state index is 3.85. The van der Waals surface area contributed by atoms with Gasteiger partial charge in [-0.3, -0.25) is 0 Å². The Hall–Kier alpha value is 0.170. The van der Waals surface area contributed by atoms with Crippen molar-refractivity contribution in [2.24, 2.45) is 0 Å². The van der Waals surface area contributed by atoms with Crippen LogP contribution in [-0.2, 0) is 0 Å². The van der Waals surface area contributed by atoms with E-state index in [1.165, 1.54) is 6.16 Å². The molecule has 0 radical (unpaired) electrons. The molecule has 0 aliphatic heterocycles. The molecular weight excluding hydrogens is 139 g/mol. The minimum atomic E-state index is -1.36. The average Bonchev–Trinajstić information content (AvgIpc) is 1.86. The summed E-state index contributed by atoms with van der Waals surface area (Å²) >= 11 is 0. The first-order valence-corrected chi connectivity index (χ1v) is 7.77. The Morgan fingerprint density at radius 1 is 1.40 bits per heavy atom. The van der Waals surface area contributed by atoms with Crippen LogP contribution in [0.3, 0.4) is 0 Å². The second-order valence-corrected chi connectivity index (χ2v) is 12.5. The molecule has 0 bridgehead atoms. The fourth-order valence-electron chi connectivity index (χ4n) is 0.679. The first-order valence-electron chi connectivity index (χ1n) is 3.94.